The predicted octanol–water partition coefficient (Wildman–Crippen LogP) is 0.533. The van der Waals surface area contributed by atoms with Gasteiger partial charge in [0.1, 0.15) is 11.7 Å². The molecule has 0 bridgehead atoms. The Hall–Kier alpha value is -2.75. The summed E-state index contributed by atoms with van der Waals surface area (Å²) in [6.07, 6.45) is 4.32. The molecule has 2 aliphatic heterocycles. The number of benzene rings is 1. The summed E-state index contributed by atoms with van der Waals surface area (Å²) in [5.74, 6) is 0. The fourth-order valence-electron chi connectivity index (χ4n) is 4.26. The lowest BCUT2D eigenvalue weighted by molar-refractivity contribution is -0.00628. The Morgan fingerprint density at radius 3 is 2.73 bits per heavy atom. The van der Waals surface area contributed by atoms with Crippen LogP contribution in [0.4, 0.5) is 5.69 Å². The molecule has 3 aromatic rings. The van der Waals surface area contributed by atoms with Crippen molar-refractivity contribution in [3.05, 3.63) is 47.1 Å². The normalized spacial score (nSPS) is 19.3. The second-order valence-electron chi connectivity index (χ2n) is 8.06. The fourth-order valence-corrected chi connectivity index (χ4v) is 4.26. The largest absolute Gasteiger partial charge is 0.388 e. The average Bonchev–Trinajstić information content (AvgIpc) is 3.22. The van der Waals surface area contributed by atoms with Crippen molar-refractivity contribution < 1.29 is 9.84 Å². The van der Waals surface area contributed by atoms with E-state index in [1.165, 1.54) is 10.9 Å². The Morgan fingerprint density at radius 1 is 1.17 bits per heavy atom. The molecule has 30 heavy (non-hydrogen) atoms. The maximum atomic E-state index is 13.0. The number of ether oxygens (including phenoxy) is 1. The molecule has 2 saturated heterocycles. The number of hydrogen-bond acceptors (Lipinski definition) is 7. The number of nitrogens with zero attached hydrogens (tertiary/aromatic N) is 5. The van der Waals surface area contributed by atoms with Gasteiger partial charge in [0.2, 0.25) is 0 Å². The first-order valence-electron chi connectivity index (χ1n) is 10.4. The Balaban J connectivity index is 1.47. The molecule has 158 valence electrons. The van der Waals surface area contributed by atoms with E-state index in [-0.39, 0.29) is 12.1 Å². The van der Waals surface area contributed by atoms with Gasteiger partial charge in [-0.25, -0.2) is 9.67 Å². The number of rotatable bonds is 4. The Morgan fingerprint density at radius 2 is 1.93 bits per heavy atom. The summed E-state index contributed by atoms with van der Waals surface area (Å²) >= 11 is 0. The van der Waals surface area contributed by atoms with Crippen LogP contribution in [-0.4, -0.2) is 69.4 Å². The molecule has 0 spiro atoms. The Bertz CT molecular complexity index is 1100. The van der Waals surface area contributed by atoms with E-state index in [1.807, 2.05) is 12.1 Å². The van der Waals surface area contributed by atoms with Gasteiger partial charge in [0, 0.05) is 18.8 Å². The summed E-state index contributed by atoms with van der Waals surface area (Å²) in [6.45, 7) is 4.89. The van der Waals surface area contributed by atoms with Gasteiger partial charge in [-0.15, -0.1) is 0 Å². The predicted molar refractivity (Wildman–Crippen MR) is 113 cm³/mol. The minimum Gasteiger partial charge on any atom is -0.388 e. The molecular weight excluding hydrogens is 384 g/mol. The van der Waals surface area contributed by atoms with E-state index >= 15 is 0 Å². The van der Waals surface area contributed by atoms with Crippen molar-refractivity contribution in [1.29, 1.82) is 0 Å². The highest BCUT2D eigenvalue weighted by atomic mass is 16.5. The fraction of sp³-hybridized carbons (Fsp3) is 0.476. The highest BCUT2D eigenvalue weighted by molar-refractivity contribution is 5.75. The van der Waals surface area contributed by atoms with Crippen LogP contribution < -0.4 is 15.8 Å². The molecular formula is C21H26N6O3. The number of morpholine rings is 1. The van der Waals surface area contributed by atoms with Crippen molar-refractivity contribution in [3.8, 4) is 5.69 Å². The summed E-state index contributed by atoms with van der Waals surface area (Å²) in [6, 6.07) is 8.08. The molecule has 2 aliphatic rings. The second-order valence-corrected chi connectivity index (χ2v) is 8.06. The van der Waals surface area contributed by atoms with Crippen LogP contribution in [0.15, 0.2) is 41.6 Å². The van der Waals surface area contributed by atoms with Gasteiger partial charge in [0.25, 0.3) is 5.56 Å². The van der Waals surface area contributed by atoms with Crippen LogP contribution in [0.2, 0.25) is 0 Å². The molecule has 9 heteroatoms. The van der Waals surface area contributed by atoms with Crippen LogP contribution in [0.5, 0.6) is 0 Å². The first kappa shape index (κ1) is 19.2. The third-order valence-corrected chi connectivity index (χ3v) is 6.00. The molecule has 0 unspecified atom stereocenters. The smallest absolute Gasteiger partial charge is 0.264 e. The van der Waals surface area contributed by atoms with Crippen molar-refractivity contribution >= 4 is 16.7 Å². The lowest BCUT2D eigenvalue weighted by atomic mass is 9.92. The molecule has 0 radical (unpaired) electrons. The molecule has 9 nitrogen and oxygen atoms in total. The number of nitrogens with one attached hydrogen (secondary N) is 1. The van der Waals surface area contributed by atoms with E-state index in [0.717, 1.165) is 50.8 Å². The number of fused-ring (bicyclic) bond motifs is 1. The van der Waals surface area contributed by atoms with Crippen molar-refractivity contribution in [2.75, 3.05) is 44.3 Å². The van der Waals surface area contributed by atoms with Crippen LogP contribution in [0.3, 0.4) is 0 Å². The first-order valence-corrected chi connectivity index (χ1v) is 10.4. The molecule has 1 aromatic carbocycles. The van der Waals surface area contributed by atoms with Gasteiger partial charge in [-0.05, 0) is 44.1 Å². The number of hydrogen-bond donors (Lipinski definition) is 2. The Labute approximate surface area is 173 Å². The molecule has 4 heterocycles. The van der Waals surface area contributed by atoms with Gasteiger partial charge in [-0.2, -0.15) is 5.10 Å². The van der Waals surface area contributed by atoms with Gasteiger partial charge in [0.15, 0.2) is 5.65 Å². The first-order chi connectivity index (χ1) is 14.6. The van der Waals surface area contributed by atoms with Crippen molar-refractivity contribution in [1.82, 2.24) is 24.6 Å². The van der Waals surface area contributed by atoms with Gasteiger partial charge >= 0.3 is 0 Å². The summed E-state index contributed by atoms with van der Waals surface area (Å²) in [5, 5.41) is 18.9. The standard InChI is InChI=1S/C21H26N6O3/c28-20-18-13-24-27(17-3-1-2-16(12-17)25-8-10-30-11-9-25)19(18)23-15-26(20)14-21(29)4-6-22-7-5-21/h1-3,12-13,15,22,29H,4-11,14H2. The van der Waals surface area contributed by atoms with Crippen molar-refractivity contribution in [2.24, 2.45) is 0 Å². The van der Waals surface area contributed by atoms with Crippen LogP contribution >= 0.6 is 0 Å². The highest BCUT2D eigenvalue weighted by Crippen LogP contribution is 2.23. The maximum Gasteiger partial charge on any atom is 0.264 e. The van der Waals surface area contributed by atoms with Crippen LogP contribution in [0, 0.1) is 0 Å². The minimum atomic E-state index is -0.882. The van der Waals surface area contributed by atoms with Crippen molar-refractivity contribution in [2.45, 2.75) is 25.0 Å². The summed E-state index contributed by atoms with van der Waals surface area (Å²) in [4.78, 5) is 19.8. The van der Waals surface area contributed by atoms with Gasteiger partial charge < -0.3 is 20.1 Å². The van der Waals surface area contributed by atoms with E-state index in [4.69, 9.17) is 4.74 Å². The van der Waals surface area contributed by atoms with E-state index in [0.29, 0.717) is 23.9 Å². The van der Waals surface area contributed by atoms with Crippen LogP contribution in [0.25, 0.3) is 16.7 Å². The Kier molecular flexibility index (Phi) is 5.01. The molecule has 2 aromatic heterocycles. The maximum absolute atomic E-state index is 13.0. The van der Waals surface area contributed by atoms with Crippen molar-refractivity contribution in [3.63, 3.8) is 0 Å². The summed E-state index contributed by atoms with van der Waals surface area (Å²) in [5.41, 5.74) is 1.42. The zero-order chi connectivity index (χ0) is 20.6. The zero-order valence-electron chi connectivity index (χ0n) is 16.8. The number of aliphatic hydroxyl groups is 1. The molecule has 5 rings (SSSR count). The number of anilines is 1. The zero-order valence-corrected chi connectivity index (χ0v) is 16.8. The topological polar surface area (TPSA) is 97.4 Å². The molecule has 0 amide bonds. The monoisotopic (exact) mass is 410 g/mol. The van der Waals surface area contributed by atoms with E-state index in [2.05, 4.69) is 32.4 Å². The van der Waals surface area contributed by atoms with Crippen LogP contribution in [0.1, 0.15) is 12.8 Å². The molecule has 2 fully saturated rings. The quantitative estimate of drug-likeness (QED) is 0.648. The number of aromatic nitrogens is 4. The second kappa shape index (κ2) is 7.82. The third-order valence-electron chi connectivity index (χ3n) is 6.00. The SMILES string of the molecule is O=c1c2cnn(-c3cccc(N4CCOCC4)c3)c2ncn1CC1(O)CCNCC1. The molecule has 2 N–H and O–H groups in total. The van der Waals surface area contributed by atoms with E-state index < -0.39 is 5.60 Å². The summed E-state index contributed by atoms with van der Waals surface area (Å²) < 4.78 is 8.64. The van der Waals surface area contributed by atoms with Gasteiger partial charge in [-0.3, -0.25) is 9.36 Å². The lowest BCUT2D eigenvalue weighted by Gasteiger charge is -2.32. The number of piperidine rings is 1. The van der Waals surface area contributed by atoms with Crippen LogP contribution in [-0.2, 0) is 11.3 Å². The highest BCUT2D eigenvalue weighted by Gasteiger charge is 2.30. The lowest BCUT2D eigenvalue weighted by Crippen LogP contribution is -2.46. The van der Waals surface area contributed by atoms with Gasteiger partial charge in [0.05, 0.1) is 37.2 Å². The average molecular weight is 410 g/mol. The van der Waals surface area contributed by atoms with E-state index in [9.17, 15) is 9.90 Å². The van der Waals surface area contributed by atoms with E-state index in [1.54, 1.807) is 10.9 Å². The van der Waals surface area contributed by atoms with Gasteiger partial charge in [-0.1, -0.05) is 6.07 Å². The molecule has 0 atom stereocenters. The summed E-state index contributed by atoms with van der Waals surface area (Å²) in [7, 11) is 0. The third kappa shape index (κ3) is 3.60. The molecule has 0 aliphatic carbocycles. The minimum absolute atomic E-state index is 0.178. The molecule has 0 saturated carbocycles.